The van der Waals surface area contributed by atoms with Gasteiger partial charge in [0.1, 0.15) is 0 Å². The molecule has 4 N–H and O–H groups in total. The van der Waals surface area contributed by atoms with Crippen molar-refractivity contribution < 1.29 is 23.3 Å². The van der Waals surface area contributed by atoms with Gasteiger partial charge in [0.05, 0.1) is 30.2 Å². The molecule has 7 nitrogen and oxygen atoms in total. The Morgan fingerprint density at radius 1 is 1.16 bits per heavy atom. The molecule has 9 heteroatoms. The Bertz CT molecular complexity index is 1050. The van der Waals surface area contributed by atoms with Crippen molar-refractivity contribution >= 4 is 36.8 Å². The fourth-order valence-electron chi connectivity index (χ4n) is 3.04. The van der Waals surface area contributed by atoms with E-state index in [2.05, 4.69) is 5.32 Å². The van der Waals surface area contributed by atoms with E-state index < -0.39 is 8.17 Å². The third-order valence-electron chi connectivity index (χ3n) is 4.98. The molecule has 1 radical (unpaired) electrons. The second-order valence-electron chi connectivity index (χ2n) is 7.29. The number of carbonyl (C=O) groups is 1. The summed E-state index contributed by atoms with van der Waals surface area (Å²) >= 11 is 1.62. The van der Waals surface area contributed by atoms with Crippen molar-refractivity contribution in [3.05, 3.63) is 71.1 Å². The van der Waals surface area contributed by atoms with Crippen LogP contribution in [0.3, 0.4) is 0 Å². The molecule has 0 saturated carbocycles. The molecule has 0 aliphatic carbocycles. The van der Waals surface area contributed by atoms with Gasteiger partial charge in [-0.15, -0.1) is 11.3 Å². The molecule has 1 aromatic heterocycles. The summed E-state index contributed by atoms with van der Waals surface area (Å²) in [5.41, 5.74) is 9.37. The molecule has 1 amide bonds. The maximum absolute atomic E-state index is 12.7. The molecule has 4 rings (SSSR count). The number of anilines is 2. The second kappa shape index (κ2) is 9.04. The van der Waals surface area contributed by atoms with Gasteiger partial charge in [-0.2, -0.15) is 0 Å². The van der Waals surface area contributed by atoms with Gasteiger partial charge in [-0.1, -0.05) is 24.3 Å². The summed E-state index contributed by atoms with van der Waals surface area (Å²) in [7, 11) is -3.30. The fraction of sp³-hybridized carbons (Fsp3) is 0.227. The first kappa shape index (κ1) is 21.9. The van der Waals surface area contributed by atoms with Crippen LogP contribution in [-0.4, -0.2) is 23.0 Å². The van der Waals surface area contributed by atoms with Crippen molar-refractivity contribution in [3.63, 3.8) is 0 Å². The first-order chi connectivity index (χ1) is 14.8. The zero-order chi connectivity index (χ0) is 22.0. The Morgan fingerprint density at radius 2 is 1.87 bits per heavy atom. The highest BCUT2D eigenvalue weighted by atomic mass is 32.1. The van der Waals surface area contributed by atoms with Gasteiger partial charge in [0.25, 0.3) is 5.91 Å². The van der Waals surface area contributed by atoms with Gasteiger partial charge in [0, 0.05) is 10.4 Å². The molecule has 1 aliphatic heterocycles. The SMILES string of the molecule is C[C@H]1O[P](O)(OCc2ccc(C(=O)Nc3cc(-c4cccs4)ccc3N)cc2)O[C@@H]1C. The molecule has 1 saturated heterocycles. The summed E-state index contributed by atoms with van der Waals surface area (Å²) in [5.74, 6) is -0.265. The van der Waals surface area contributed by atoms with E-state index in [0.717, 1.165) is 16.0 Å². The Labute approximate surface area is 185 Å². The topological polar surface area (TPSA) is 103 Å². The van der Waals surface area contributed by atoms with E-state index in [-0.39, 0.29) is 24.7 Å². The summed E-state index contributed by atoms with van der Waals surface area (Å²) in [4.78, 5) is 24.1. The summed E-state index contributed by atoms with van der Waals surface area (Å²) in [6, 6.07) is 16.5. The summed E-state index contributed by atoms with van der Waals surface area (Å²) in [5, 5.41) is 4.88. The highest BCUT2D eigenvalue weighted by Crippen LogP contribution is 2.65. The first-order valence-corrected chi connectivity index (χ1v) is 12.2. The molecule has 0 bridgehead atoms. The van der Waals surface area contributed by atoms with Crippen LogP contribution in [-0.2, 0) is 20.2 Å². The minimum Gasteiger partial charge on any atom is -0.397 e. The Morgan fingerprint density at radius 3 is 2.52 bits per heavy atom. The Kier molecular flexibility index (Phi) is 6.39. The zero-order valence-corrected chi connectivity index (χ0v) is 18.9. The van der Waals surface area contributed by atoms with E-state index in [0.29, 0.717) is 16.9 Å². The standard InChI is InChI=1S/C22H24N2O5PS/c1-14-15(2)29-30(26,28-14)27-13-16-5-7-17(8-6-16)22(25)24-20-12-18(9-10-19(20)23)21-4-3-11-31-21/h3-12,14-15,26H,13,23H2,1-2H3,(H,24,25)/t14-,15-/m1/s1. The number of hydrogen-bond acceptors (Lipinski definition) is 7. The number of rotatable bonds is 6. The lowest BCUT2D eigenvalue weighted by Crippen LogP contribution is -2.13. The Hall–Kier alpha value is -2.32. The highest BCUT2D eigenvalue weighted by molar-refractivity contribution is 7.55. The van der Waals surface area contributed by atoms with Crippen molar-refractivity contribution in [3.8, 4) is 10.4 Å². The van der Waals surface area contributed by atoms with Crippen LogP contribution in [0.4, 0.5) is 11.4 Å². The van der Waals surface area contributed by atoms with E-state index >= 15 is 0 Å². The highest BCUT2D eigenvalue weighted by Gasteiger charge is 2.43. The Balaban J connectivity index is 1.39. The minimum atomic E-state index is -3.30. The number of thiophene rings is 1. The molecule has 2 atom stereocenters. The molecular formula is C22H24N2O5PS. The molecule has 0 spiro atoms. The van der Waals surface area contributed by atoms with Gasteiger partial charge < -0.3 is 15.9 Å². The minimum absolute atomic E-state index is 0.113. The van der Waals surface area contributed by atoms with Crippen LogP contribution < -0.4 is 11.1 Å². The number of nitrogens with one attached hydrogen (secondary N) is 1. The van der Waals surface area contributed by atoms with E-state index in [1.807, 2.05) is 43.5 Å². The summed E-state index contributed by atoms with van der Waals surface area (Å²) < 4.78 is 16.3. The zero-order valence-electron chi connectivity index (χ0n) is 17.1. The van der Waals surface area contributed by atoms with Crippen LogP contribution in [0.2, 0.25) is 0 Å². The van der Waals surface area contributed by atoms with Gasteiger partial charge in [0.2, 0.25) is 0 Å². The fourth-order valence-corrected chi connectivity index (χ4v) is 5.43. The van der Waals surface area contributed by atoms with Crippen LogP contribution in [0.1, 0.15) is 29.8 Å². The molecule has 3 aromatic rings. The molecule has 31 heavy (non-hydrogen) atoms. The van der Waals surface area contributed by atoms with Gasteiger partial charge in [0.15, 0.2) is 0 Å². The molecule has 163 valence electrons. The first-order valence-electron chi connectivity index (χ1n) is 9.80. The van der Waals surface area contributed by atoms with Crippen LogP contribution >= 0.6 is 19.5 Å². The lowest BCUT2D eigenvalue weighted by Gasteiger charge is -2.21. The lowest BCUT2D eigenvalue weighted by atomic mass is 10.1. The van der Waals surface area contributed by atoms with Crippen molar-refractivity contribution in [2.75, 3.05) is 11.1 Å². The van der Waals surface area contributed by atoms with E-state index in [4.69, 9.17) is 19.3 Å². The number of nitrogens with two attached hydrogens (primary N) is 1. The summed E-state index contributed by atoms with van der Waals surface area (Å²) in [6.45, 7) is 3.76. The molecule has 1 aliphatic rings. The van der Waals surface area contributed by atoms with Crippen LogP contribution in [0.5, 0.6) is 0 Å². The number of amides is 1. The predicted octanol–water partition coefficient (Wildman–Crippen LogP) is 5.26. The third-order valence-corrected chi connectivity index (χ3v) is 7.55. The van der Waals surface area contributed by atoms with Gasteiger partial charge in [-0.05, 0) is 60.7 Å². The quantitative estimate of drug-likeness (QED) is 0.343. The number of nitrogen functional groups attached to an aromatic ring is 1. The van der Waals surface area contributed by atoms with Crippen molar-refractivity contribution in [2.24, 2.45) is 0 Å². The monoisotopic (exact) mass is 459 g/mol. The third kappa shape index (κ3) is 5.13. The molecule has 0 unspecified atom stereocenters. The molecule has 1 fully saturated rings. The van der Waals surface area contributed by atoms with Crippen molar-refractivity contribution in [1.82, 2.24) is 0 Å². The smallest absolute Gasteiger partial charge is 0.378 e. The molecule has 2 heterocycles. The van der Waals surface area contributed by atoms with Crippen molar-refractivity contribution in [1.29, 1.82) is 0 Å². The lowest BCUT2D eigenvalue weighted by molar-refractivity contribution is 0.102. The maximum Gasteiger partial charge on any atom is 0.378 e. The predicted molar refractivity (Wildman–Crippen MR) is 124 cm³/mol. The molecule has 2 aromatic carbocycles. The van der Waals surface area contributed by atoms with Crippen LogP contribution in [0, 0.1) is 0 Å². The average molecular weight is 459 g/mol. The molecular weight excluding hydrogens is 435 g/mol. The number of carbonyl (C=O) groups excluding carboxylic acids is 1. The average Bonchev–Trinajstić information content (AvgIpc) is 3.37. The van der Waals surface area contributed by atoms with Crippen LogP contribution in [0.15, 0.2) is 60.0 Å². The largest absolute Gasteiger partial charge is 0.397 e. The van der Waals surface area contributed by atoms with Crippen LogP contribution in [0.25, 0.3) is 10.4 Å². The number of hydrogen-bond donors (Lipinski definition) is 3. The van der Waals surface area contributed by atoms with E-state index in [1.54, 1.807) is 41.7 Å². The maximum atomic E-state index is 12.7. The van der Waals surface area contributed by atoms with Gasteiger partial charge in [-0.25, -0.2) is 0 Å². The van der Waals surface area contributed by atoms with Gasteiger partial charge in [-0.3, -0.25) is 18.4 Å². The van der Waals surface area contributed by atoms with Gasteiger partial charge >= 0.3 is 8.17 Å². The number of benzene rings is 2. The normalized spacial score (nSPS) is 20.0. The van der Waals surface area contributed by atoms with Crippen molar-refractivity contribution in [2.45, 2.75) is 32.7 Å². The second-order valence-corrected chi connectivity index (χ2v) is 9.86. The summed E-state index contributed by atoms with van der Waals surface area (Å²) in [6.07, 6.45) is -0.453. The van der Waals surface area contributed by atoms with E-state index in [1.165, 1.54) is 0 Å². The van der Waals surface area contributed by atoms with E-state index in [9.17, 15) is 9.69 Å².